The molecule has 1 aromatic carbocycles. The number of nitrogens with one attached hydrogen (secondary N) is 1. The van der Waals surface area contributed by atoms with Crippen molar-refractivity contribution in [3.05, 3.63) is 29.8 Å². The first kappa shape index (κ1) is 15.5. The Hall–Kier alpha value is -0.510. The molecule has 0 saturated carbocycles. The molecule has 2 N–H and O–H groups in total. The fourth-order valence-corrected chi connectivity index (χ4v) is 2.69. The van der Waals surface area contributed by atoms with Crippen molar-refractivity contribution in [2.45, 2.75) is 56.3 Å². The largest absolute Gasteiger partial charge is 0.396 e. The van der Waals surface area contributed by atoms with E-state index in [1.165, 1.54) is 10.5 Å². The maximum atomic E-state index is 8.97. The van der Waals surface area contributed by atoms with Gasteiger partial charge in [-0.15, -0.1) is 11.8 Å². The van der Waals surface area contributed by atoms with Gasteiger partial charge in [0.05, 0.1) is 0 Å². The van der Waals surface area contributed by atoms with E-state index in [1.807, 2.05) is 11.8 Å². The van der Waals surface area contributed by atoms with Gasteiger partial charge in [0.2, 0.25) is 0 Å². The molecule has 1 aromatic rings. The Morgan fingerprint density at radius 3 is 2.56 bits per heavy atom. The van der Waals surface area contributed by atoms with E-state index in [0.29, 0.717) is 5.25 Å². The smallest absolute Gasteiger partial charge is 0.0441 e. The van der Waals surface area contributed by atoms with E-state index >= 15 is 0 Å². The molecule has 0 spiro atoms. The summed E-state index contributed by atoms with van der Waals surface area (Å²) in [6.07, 6.45) is 0.839. The monoisotopic (exact) mass is 267 g/mol. The average Bonchev–Trinajstić information content (AvgIpc) is 2.27. The second-order valence-corrected chi connectivity index (χ2v) is 7.13. The summed E-state index contributed by atoms with van der Waals surface area (Å²) in [5, 5.41) is 12.9. The van der Waals surface area contributed by atoms with Crippen LogP contribution in [0.25, 0.3) is 0 Å². The zero-order valence-corrected chi connectivity index (χ0v) is 12.7. The van der Waals surface area contributed by atoms with Gasteiger partial charge < -0.3 is 10.4 Å². The summed E-state index contributed by atoms with van der Waals surface area (Å²) >= 11 is 1.85. The normalized spacial score (nSPS) is 13.6. The first-order valence-corrected chi connectivity index (χ1v) is 7.41. The molecule has 0 fully saturated rings. The van der Waals surface area contributed by atoms with Crippen LogP contribution in [0.4, 0.5) is 0 Å². The molecule has 0 amide bonds. The number of benzene rings is 1. The molecule has 102 valence electrons. The zero-order valence-electron chi connectivity index (χ0n) is 11.9. The van der Waals surface area contributed by atoms with Crippen molar-refractivity contribution in [1.29, 1.82) is 0 Å². The lowest BCUT2D eigenvalue weighted by molar-refractivity contribution is 0.289. The molecule has 18 heavy (non-hydrogen) atoms. The van der Waals surface area contributed by atoms with E-state index in [0.717, 1.165) is 13.0 Å². The number of hydrogen-bond donors (Lipinski definition) is 2. The van der Waals surface area contributed by atoms with Crippen LogP contribution in [0.3, 0.4) is 0 Å². The Labute approximate surface area is 115 Å². The van der Waals surface area contributed by atoms with Crippen LogP contribution in [0.2, 0.25) is 0 Å². The Morgan fingerprint density at radius 2 is 1.94 bits per heavy atom. The van der Waals surface area contributed by atoms with E-state index in [9.17, 15) is 0 Å². The van der Waals surface area contributed by atoms with Crippen LogP contribution >= 0.6 is 11.8 Å². The van der Waals surface area contributed by atoms with E-state index in [1.54, 1.807) is 0 Å². The summed E-state index contributed by atoms with van der Waals surface area (Å²) in [5.41, 5.74) is 1.47. The van der Waals surface area contributed by atoms with E-state index in [4.69, 9.17) is 5.11 Å². The number of aliphatic hydroxyl groups is 1. The maximum absolute atomic E-state index is 8.97. The highest BCUT2D eigenvalue weighted by Crippen LogP contribution is 2.28. The molecule has 0 heterocycles. The second kappa shape index (κ2) is 7.17. The molecule has 0 bridgehead atoms. The van der Waals surface area contributed by atoms with Gasteiger partial charge in [0, 0.05) is 28.8 Å². The molecule has 0 saturated heterocycles. The zero-order chi connectivity index (χ0) is 13.6. The lowest BCUT2D eigenvalue weighted by Crippen LogP contribution is -2.35. The standard InChI is InChI=1S/C15H25NOS/c1-12(9-10-17)18-14-8-6-5-7-13(14)11-16-15(2,3)4/h5-8,12,16-17H,9-11H2,1-4H3. The number of thioether (sulfide) groups is 1. The molecule has 0 aliphatic carbocycles. The van der Waals surface area contributed by atoms with Crippen LogP contribution in [0.15, 0.2) is 29.2 Å². The highest BCUT2D eigenvalue weighted by Gasteiger charge is 2.11. The minimum atomic E-state index is 0.133. The van der Waals surface area contributed by atoms with E-state index in [-0.39, 0.29) is 12.1 Å². The van der Waals surface area contributed by atoms with Crippen LogP contribution in [0.1, 0.15) is 39.7 Å². The predicted molar refractivity (Wildman–Crippen MR) is 80.1 cm³/mol. The number of aliphatic hydroxyl groups excluding tert-OH is 1. The topological polar surface area (TPSA) is 32.3 Å². The third-order valence-corrected chi connectivity index (χ3v) is 3.94. The van der Waals surface area contributed by atoms with Crippen LogP contribution in [0, 0.1) is 0 Å². The molecule has 3 heteroatoms. The van der Waals surface area contributed by atoms with Crippen LogP contribution in [0.5, 0.6) is 0 Å². The van der Waals surface area contributed by atoms with Gasteiger partial charge in [-0.3, -0.25) is 0 Å². The minimum absolute atomic E-state index is 0.133. The lowest BCUT2D eigenvalue weighted by atomic mass is 10.1. The van der Waals surface area contributed by atoms with Gasteiger partial charge >= 0.3 is 0 Å². The molecule has 0 aliphatic rings. The van der Waals surface area contributed by atoms with E-state index in [2.05, 4.69) is 57.3 Å². The fraction of sp³-hybridized carbons (Fsp3) is 0.600. The molecule has 2 nitrogen and oxygen atoms in total. The van der Waals surface area contributed by atoms with Gasteiger partial charge in [0.1, 0.15) is 0 Å². The fourth-order valence-electron chi connectivity index (χ4n) is 1.58. The van der Waals surface area contributed by atoms with Gasteiger partial charge in [0.25, 0.3) is 0 Å². The number of rotatable bonds is 6. The summed E-state index contributed by atoms with van der Waals surface area (Å²) in [6.45, 7) is 9.84. The van der Waals surface area contributed by atoms with Crippen molar-refractivity contribution in [3.8, 4) is 0 Å². The quantitative estimate of drug-likeness (QED) is 0.774. The molecule has 0 aromatic heterocycles. The number of hydrogen-bond acceptors (Lipinski definition) is 3. The Balaban J connectivity index is 2.67. The van der Waals surface area contributed by atoms with E-state index < -0.39 is 0 Å². The van der Waals surface area contributed by atoms with Crippen molar-refractivity contribution >= 4 is 11.8 Å². The highest BCUT2D eigenvalue weighted by molar-refractivity contribution is 8.00. The molecule has 0 aliphatic heterocycles. The minimum Gasteiger partial charge on any atom is -0.396 e. The van der Waals surface area contributed by atoms with Gasteiger partial charge in [-0.2, -0.15) is 0 Å². The molecule has 1 atom stereocenters. The summed E-state index contributed by atoms with van der Waals surface area (Å²) in [6, 6.07) is 8.50. The Morgan fingerprint density at radius 1 is 1.28 bits per heavy atom. The summed E-state index contributed by atoms with van der Waals surface area (Å²) in [5.74, 6) is 0. The average molecular weight is 267 g/mol. The van der Waals surface area contributed by atoms with Crippen molar-refractivity contribution in [2.24, 2.45) is 0 Å². The second-order valence-electron chi connectivity index (χ2n) is 5.65. The van der Waals surface area contributed by atoms with Gasteiger partial charge in [0.15, 0.2) is 0 Å². The highest BCUT2D eigenvalue weighted by atomic mass is 32.2. The van der Waals surface area contributed by atoms with Gasteiger partial charge in [-0.25, -0.2) is 0 Å². The molecular formula is C15H25NOS. The summed E-state index contributed by atoms with van der Waals surface area (Å²) in [4.78, 5) is 1.32. The third kappa shape index (κ3) is 5.89. The summed E-state index contributed by atoms with van der Waals surface area (Å²) < 4.78 is 0. The maximum Gasteiger partial charge on any atom is 0.0441 e. The SMILES string of the molecule is CC(CCO)Sc1ccccc1CNC(C)(C)C. The molecule has 1 unspecified atom stereocenters. The van der Waals surface area contributed by atoms with Crippen molar-refractivity contribution in [2.75, 3.05) is 6.61 Å². The van der Waals surface area contributed by atoms with Crippen molar-refractivity contribution in [1.82, 2.24) is 5.32 Å². The van der Waals surface area contributed by atoms with Crippen LogP contribution in [-0.4, -0.2) is 22.5 Å². The first-order chi connectivity index (χ1) is 8.42. The third-order valence-electron chi connectivity index (χ3n) is 2.65. The van der Waals surface area contributed by atoms with Crippen molar-refractivity contribution in [3.63, 3.8) is 0 Å². The van der Waals surface area contributed by atoms with Crippen LogP contribution < -0.4 is 5.32 Å². The molecule has 1 rings (SSSR count). The first-order valence-electron chi connectivity index (χ1n) is 6.53. The van der Waals surface area contributed by atoms with Gasteiger partial charge in [-0.1, -0.05) is 25.1 Å². The van der Waals surface area contributed by atoms with Gasteiger partial charge in [-0.05, 0) is 38.8 Å². The molecular weight excluding hydrogens is 242 g/mol. The Kier molecular flexibility index (Phi) is 6.19. The van der Waals surface area contributed by atoms with Crippen molar-refractivity contribution < 1.29 is 5.11 Å². The predicted octanol–water partition coefficient (Wildman–Crippen LogP) is 3.44. The summed E-state index contributed by atoms with van der Waals surface area (Å²) in [7, 11) is 0. The Bertz CT molecular complexity index is 360. The lowest BCUT2D eigenvalue weighted by Gasteiger charge is -2.22. The van der Waals surface area contributed by atoms with Crippen LogP contribution in [-0.2, 0) is 6.54 Å². The molecule has 0 radical (unpaired) electrons.